The number of unbranched alkanes of at least 4 members (excludes halogenated alkanes) is 7. The van der Waals surface area contributed by atoms with Crippen LogP contribution in [0.5, 0.6) is 0 Å². The van der Waals surface area contributed by atoms with Crippen LogP contribution in [0.3, 0.4) is 0 Å². The molecule has 0 aliphatic rings. The second kappa shape index (κ2) is 9.94. The van der Waals surface area contributed by atoms with Crippen molar-refractivity contribution in [2.75, 3.05) is 0 Å². The van der Waals surface area contributed by atoms with E-state index in [1.807, 2.05) is 0 Å². The number of hydrogen-bond donors (Lipinski definition) is 1. The lowest BCUT2D eigenvalue weighted by Crippen LogP contribution is -2.40. The van der Waals surface area contributed by atoms with Crippen LogP contribution in [-0.2, 0) is 0 Å². The average molecular weight is 241 g/mol. The van der Waals surface area contributed by atoms with Gasteiger partial charge < -0.3 is 5.73 Å². The molecule has 2 N–H and O–H groups in total. The molecule has 0 rings (SSSR count). The second-order valence-electron chi connectivity index (χ2n) is 6.19. The fourth-order valence-corrected chi connectivity index (χ4v) is 2.63. The highest BCUT2D eigenvalue weighted by Gasteiger charge is 2.22. The van der Waals surface area contributed by atoms with Crippen molar-refractivity contribution in [3.63, 3.8) is 0 Å². The molecule has 0 spiro atoms. The molecule has 0 heterocycles. The van der Waals surface area contributed by atoms with Crippen molar-refractivity contribution in [3.05, 3.63) is 0 Å². The Labute approximate surface area is 110 Å². The summed E-state index contributed by atoms with van der Waals surface area (Å²) in [7, 11) is 0. The zero-order valence-corrected chi connectivity index (χ0v) is 12.7. The minimum absolute atomic E-state index is 0.00980. The van der Waals surface area contributed by atoms with Gasteiger partial charge in [0.2, 0.25) is 0 Å². The number of rotatable bonds is 11. The summed E-state index contributed by atoms with van der Waals surface area (Å²) in [6.45, 7) is 8.89. The zero-order valence-electron chi connectivity index (χ0n) is 12.7. The lowest BCUT2D eigenvalue weighted by Gasteiger charge is -2.29. The van der Waals surface area contributed by atoms with E-state index in [-0.39, 0.29) is 5.54 Å². The Balaban J connectivity index is 3.38. The largest absolute Gasteiger partial charge is 0.325 e. The van der Waals surface area contributed by atoms with Crippen LogP contribution in [0.25, 0.3) is 0 Å². The predicted octanol–water partition coefficient (Wildman–Crippen LogP) is 5.28. The Kier molecular flexibility index (Phi) is 9.91. The molecular weight excluding hydrogens is 206 g/mol. The van der Waals surface area contributed by atoms with Crippen LogP contribution in [0, 0.1) is 5.92 Å². The molecule has 1 heteroatoms. The van der Waals surface area contributed by atoms with Gasteiger partial charge in [-0.25, -0.2) is 0 Å². The minimum Gasteiger partial charge on any atom is -0.325 e. The topological polar surface area (TPSA) is 26.0 Å². The molecule has 0 bridgehead atoms. The number of nitrogens with two attached hydrogens (primary N) is 1. The molecule has 104 valence electrons. The molecule has 17 heavy (non-hydrogen) atoms. The fraction of sp³-hybridized carbons (Fsp3) is 1.00. The Morgan fingerprint density at radius 3 is 1.71 bits per heavy atom. The summed E-state index contributed by atoms with van der Waals surface area (Å²) in [5.41, 5.74) is 6.20. The van der Waals surface area contributed by atoms with Crippen molar-refractivity contribution in [2.45, 2.75) is 97.4 Å². The fourth-order valence-electron chi connectivity index (χ4n) is 2.63. The molecule has 0 aromatic rings. The predicted molar refractivity (Wildman–Crippen MR) is 79.3 cm³/mol. The van der Waals surface area contributed by atoms with E-state index in [4.69, 9.17) is 5.73 Å². The highest BCUT2D eigenvalue weighted by atomic mass is 14.7. The summed E-state index contributed by atoms with van der Waals surface area (Å²) in [6, 6.07) is 0. The van der Waals surface area contributed by atoms with Crippen molar-refractivity contribution in [1.29, 1.82) is 0 Å². The lowest BCUT2D eigenvalue weighted by atomic mass is 9.82. The van der Waals surface area contributed by atoms with Gasteiger partial charge in [-0.1, -0.05) is 71.6 Å². The van der Waals surface area contributed by atoms with Gasteiger partial charge in [-0.05, 0) is 26.2 Å². The van der Waals surface area contributed by atoms with Gasteiger partial charge >= 0.3 is 0 Å². The second-order valence-corrected chi connectivity index (χ2v) is 6.19. The zero-order chi connectivity index (χ0) is 13.1. The van der Waals surface area contributed by atoms with E-state index < -0.39 is 0 Å². The minimum atomic E-state index is 0.00980. The van der Waals surface area contributed by atoms with Crippen LogP contribution in [0.2, 0.25) is 0 Å². The highest BCUT2D eigenvalue weighted by Crippen LogP contribution is 2.24. The summed E-state index contributed by atoms with van der Waals surface area (Å²) in [5, 5.41) is 0. The first-order valence-electron chi connectivity index (χ1n) is 7.81. The summed E-state index contributed by atoms with van der Waals surface area (Å²) in [5.74, 6) is 0.697. The molecule has 1 nitrogen and oxygen atoms in total. The lowest BCUT2D eigenvalue weighted by molar-refractivity contribution is 0.283. The third-order valence-corrected chi connectivity index (χ3v) is 3.95. The highest BCUT2D eigenvalue weighted by molar-refractivity contribution is 4.80. The van der Waals surface area contributed by atoms with Gasteiger partial charge in [-0.2, -0.15) is 0 Å². The maximum atomic E-state index is 6.19. The third kappa shape index (κ3) is 9.64. The molecule has 0 aliphatic heterocycles. The standard InChI is InChI=1S/C16H35N/c1-5-7-8-9-10-11-12-13-14-15(6-2)16(3,4)17/h15H,5-14,17H2,1-4H3. The first-order chi connectivity index (χ1) is 8.02. The van der Waals surface area contributed by atoms with Gasteiger partial charge in [0.05, 0.1) is 0 Å². The molecule has 1 unspecified atom stereocenters. The van der Waals surface area contributed by atoms with Gasteiger partial charge in [0.15, 0.2) is 0 Å². The summed E-state index contributed by atoms with van der Waals surface area (Å²) < 4.78 is 0. The van der Waals surface area contributed by atoms with Gasteiger partial charge in [0, 0.05) is 5.54 Å². The summed E-state index contributed by atoms with van der Waals surface area (Å²) in [4.78, 5) is 0. The molecule has 0 aromatic carbocycles. The molecule has 0 aliphatic carbocycles. The van der Waals surface area contributed by atoms with Gasteiger partial charge in [-0.15, -0.1) is 0 Å². The molecule has 0 amide bonds. The van der Waals surface area contributed by atoms with Crippen molar-refractivity contribution >= 4 is 0 Å². The van der Waals surface area contributed by atoms with E-state index in [2.05, 4.69) is 27.7 Å². The van der Waals surface area contributed by atoms with Crippen LogP contribution >= 0.6 is 0 Å². The van der Waals surface area contributed by atoms with Crippen LogP contribution in [0.4, 0.5) is 0 Å². The van der Waals surface area contributed by atoms with Crippen molar-refractivity contribution in [1.82, 2.24) is 0 Å². The SMILES string of the molecule is CCCCCCCCCCC(CC)C(C)(C)N. The molecule has 0 saturated carbocycles. The van der Waals surface area contributed by atoms with E-state index >= 15 is 0 Å². The summed E-state index contributed by atoms with van der Waals surface area (Å²) in [6.07, 6.45) is 13.8. The molecule has 0 fully saturated rings. The Hall–Kier alpha value is -0.0400. The van der Waals surface area contributed by atoms with E-state index in [0.717, 1.165) is 0 Å². The van der Waals surface area contributed by atoms with Gasteiger partial charge in [0.25, 0.3) is 0 Å². The maximum Gasteiger partial charge on any atom is 0.0125 e. The van der Waals surface area contributed by atoms with Crippen LogP contribution < -0.4 is 5.73 Å². The smallest absolute Gasteiger partial charge is 0.0125 e. The Morgan fingerprint density at radius 2 is 1.29 bits per heavy atom. The molecule has 0 saturated heterocycles. The number of hydrogen-bond acceptors (Lipinski definition) is 1. The van der Waals surface area contributed by atoms with Crippen molar-refractivity contribution in [3.8, 4) is 0 Å². The van der Waals surface area contributed by atoms with Crippen LogP contribution in [-0.4, -0.2) is 5.54 Å². The van der Waals surface area contributed by atoms with E-state index in [9.17, 15) is 0 Å². The molecule has 0 aromatic heterocycles. The van der Waals surface area contributed by atoms with E-state index in [1.165, 1.54) is 64.2 Å². The average Bonchev–Trinajstić information content (AvgIpc) is 2.25. The van der Waals surface area contributed by atoms with E-state index in [0.29, 0.717) is 5.92 Å². The van der Waals surface area contributed by atoms with Gasteiger partial charge in [0.1, 0.15) is 0 Å². The first kappa shape index (κ1) is 17.0. The Bertz CT molecular complexity index is 157. The third-order valence-electron chi connectivity index (χ3n) is 3.95. The van der Waals surface area contributed by atoms with Crippen LogP contribution in [0.1, 0.15) is 91.9 Å². The molecule has 0 radical (unpaired) electrons. The maximum absolute atomic E-state index is 6.19. The monoisotopic (exact) mass is 241 g/mol. The summed E-state index contributed by atoms with van der Waals surface area (Å²) >= 11 is 0. The Morgan fingerprint density at radius 1 is 0.824 bits per heavy atom. The van der Waals surface area contributed by atoms with Crippen LogP contribution in [0.15, 0.2) is 0 Å². The van der Waals surface area contributed by atoms with Gasteiger partial charge in [-0.3, -0.25) is 0 Å². The normalized spacial score (nSPS) is 13.9. The first-order valence-corrected chi connectivity index (χ1v) is 7.81. The molecule has 1 atom stereocenters. The van der Waals surface area contributed by atoms with Crippen molar-refractivity contribution in [2.24, 2.45) is 11.7 Å². The molecular formula is C16H35N. The van der Waals surface area contributed by atoms with Crippen molar-refractivity contribution < 1.29 is 0 Å². The quantitative estimate of drug-likeness (QED) is 0.489. The van der Waals surface area contributed by atoms with E-state index in [1.54, 1.807) is 0 Å².